The first kappa shape index (κ1) is 11.6. The van der Waals surface area contributed by atoms with E-state index in [0.29, 0.717) is 0 Å². The second kappa shape index (κ2) is 4.35. The Bertz CT molecular complexity index is 286. The van der Waals surface area contributed by atoms with Gasteiger partial charge in [0.1, 0.15) is 0 Å². The minimum absolute atomic E-state index is 0.177. The molecule has 80 valence electrons. The molecule has 3 heteroatoms. The zero-order chi connectivity index (χ0) is 10.8. The highest BCUT2D eigenvalue weighted by atomic mass is 35.5. The van der Waals surface area contributed by atoms with Crippen molar-refractivity contribution in [1.29, 1.82) is 0 Å². The molecule has 0 bridgehead atoms. The zero-order valence-electron chi connectivity index (χ0n) is 9.42. The highest BCUT2D eigenvalue weighted by Crippen LogP contribution is 2.27. The lowest BCUT2D eigenvalue weighted by molar-refractivity contribution is 0.373. The van der Waals surface area contributed by atoms with Crippen molar-refractivity contribution in [2.45, 2.75) is 39.0 Å². The van der Waals surface area contributed by atoms with Crippen molar-refractivity contribution in [2.75, 3.05) is 0 Å². The molecule has 1 heterocycles. The van der Waals surface area contributed by atoms with E-state index in [1.807, 2.05) is 24.0 Å². The van der Waals surface area contributed by atoms with Gasteiger partial charge in [0.15, 0.2) is 0 Å². The van der Waals surface area contributed by atoms with Gasteiger partial charge in [-0.25, -0.2) is 0 Å². The van der Waals surface area contributed by atoms with Crippen molar-refractivity contribution in [2.24, 2.45) is 12.5 Å². The molecule has 1 unspecified atom stereocenters. The first-order valence-electron chi connectivity index (χ1n) is 5.02. The molecule has 0 spiro atoms. The van der Waals surface area contributed by atoms with Crippen LogP contribution in [-0.2, 0) is 13.5 Å². The van der Waals surface area contributed by atoms with Crippen molar-refractivity contribution in [3.05, 3.63) is 18.0 Å². The van der Waals surface area contributed by atoms with Crippen LogP contribution in [-0.4, -0.2) is 15.2 Å². The molecule has 0 amide bonds. The number of hydrogen-bond acceptors (Lipinski definition) is 1. The number of aryl methyl sites for hydroxylation is 2. The fourth-order valence-electron chi connectivity index (χ4n) is 1.30. The summed E-state index contributed by atoms with van der Waals surface area (Å²) in [4.78, 5) is 0. The van der Waals surface area contributed by atoms with Crippen molar-refractivity contribution in [3.8, 4) is 0 Å². The van der Waals surface area contributed by atoms with E-state index in [2.05, 4.69) is 25.9 Å². The van der Waals surface area contributed by atoms with E-state index in [0.717, 1.165) is 18.5 Å². The third-order valence-corrected chi connectivity index (χ3v) is 3.24. The Morgan fingerprint density at radius 1 is 1.50 bits per heavy atom. The van der Waals surface area contributed by atoms with Gasteiger partial charge in [-0.1, -0.05) is 20.8 Å². The van der Waals surface area contributed by atoms with Gasteiger partial charge in [0.05, 0.1) is 5.69 Å². The number of halogens is 1. The molecule has 2 nitrogen and oxygen atoms in total. The molecule has 0 aliphatic heterocycles. The topological polar surface area (TPSA) is 17.8 Å². The van der Waals surface area contributed by atoms with E-state index in [-0.39, 0.29) is 10.8 Å². The second-order valence-corrected chi connectivity index (χ2v) is 5.38. The summed E-state index contributed by atoms with van der Waals surface area (Å²) in [6.07, 6.45) is 3.92. The van der Waals surface area contributed by atoms with Crippen molar-refractivity contribution < 1.29 is 0 Å². The average Bonchev–Trinajstić information content (AvgIpc) is 2.45. The summed E-state index contributed by atoms with van der Waals surface area (Å²) < 4.78 is 1.83. The zero-order valence-corrected chi connectivity index (χ0v) is 10.2. The second-order valence-electron chi connectivity index (χ2n) is 4.85. The summed E-state index contributed by atoms with van der Waals surface area (Å²) in [7, 11) is 1.94. The molecule has 1 aromatic heterocycles. The van der Waals surface area contributed by atoms with Crippen molar-refractivity contribution in [3.63, 3.8) is 0 Å². The van der Waals surface area contributed by atoms with Crippen LogP contribution < -0.4 is 0 Å². The van der Waals surface area contributed by atoms with Gasteiger partial charge in [-0.05, 0) is 24.3 Å². The SMILES string of the molecule is Cn1ccc(CCC(Cl)C(C)(C)C)n1. The van der Waals surface area contributed by atoms with Crippen molar-refractivity contribution >= 4 is 11.6 Å². The van der Waals surface area contributed by atoms with E-state index in [1.165, 1.54) is 0 Å². The molecule has 0 saturated heterocycles. The highest BCUT2D eigenvalue weighted by Gasteiger charge is 2.21. The molecule has 0 saturated carbocycles. The first-order chi connectivity index (χ1) is 6.39. The maximum absolute atomic E-state index is 6.28. The van der Waals surface area contributed by atoms with E-state index in [1.54, 1.807) is 0 Å². The van der Waals surface area contributed by atoms with Gasteiger partial charge in [0.2, 0.25) is 0 Å². The molecule has 0 aliphatic carbocycles. The lowest BCUT2D eigenvalue weighted by Crippen LogP contribution is -2.21. The number of alkyl halides is 1. The smallest absolute Gasteiger partial charge is 0.0625 e. The van der Waals surface area contributed by atoms with Gasteiger partial charge in [-0.3, -0.25) is 4.68 Å². The van der Waals surface area contributed by atoms with Crippen LogP contribution in [0.5, 0.6) is 0 Å². The summed E-state index contributed by atoms with van der Waals surface area (Å²) in [5.41, 5.74) is 1.30. The van der Waals surface area contributed by atoms with Crippen LogP contribution in [0.4, 0.5) is 0 Å². The standard InChI is InChI=1S/C11H19ClN2/c1-11(2,3)10(12)6-5-9-7-8-14(4)13-9/h7-8,10H,5-6H2,1-4H3. The maximum atomic E-state index is 6.28. The minimum atomic E-state index is 0.177. The highest BCUT2D eigenvalue weighted by molar-refractivity contribution is 6.21. The van der Waals surface area contributed by atoms with E-state index >= 15 is 0 Å². The molecule has 1 atom stereocenters. The average molecular weight is 215 g/mol. The molecule has 0 aliphatic rings. The molecule has 1 aromatic rings. The molecule has 0 aromatic carbocycles. The summed E-state index contributed by atoms with van der Waals surface area (Å²) in [6, 6.07) is 2.05. The third kappa shape index (κ3) is 3.33. The van der Waals surface area contributed by atoms with Gasteiger partial charge in [0, 0.05) is 18.6 Å². The molecule has 0 N–H and O–H groups in total. The van der Waals surface area contributed by atoms with Crippen LogP contribution in [0.3, 0.4) is 0 Å². The van der Waals surface area contributed by atoms with Crippen LogP contribution in [0.25, 0.3) is 0 Å². The van der Waals surface area contributed by atoms with Crippen LogP contribution in [0.15, 0.2) is 12.3 Å². The van der Waals surface area contributed by atoms with Crippen molar-refractivity contribution in [1.82, 2.24) is 9.78 Å². The number of nitrogens with zero attached hydrogens (tertiary/aromatic N) is 2. The summed E-state index contributed by atoms with van der Waals surface area (Å²) >= 11 is 6.28. The van der Waals surface area contributed by atoms with Gasteiger partial charge < -0.3 is 0 Å². The number of rotatable bonds is 3. The van der Waals surface area contributed by atoms with Gasteiger partial charge in [-0.15, -0.1) is 11.6 Å². The predicted molar refractivity (Wildman–Crippen MR) is 60.6 cm³/mol. The van der Waals surface area contributed by atoms with E-state index in [4.69, 9.17) is 11.6 Å². The Balaban J connectivity index is 2.41. The molecular formula is C11H19ClN2. The molecule has 0 radical (unpaired) electrons. The Hall–Kier alpha value is -0.500. The molecular weight excluding hydrogens is 196 g/mol. The number of hydrogen-bond donors (Lipinski definition) is 0. The van der Waals surface area contributed by atoms with Gasteiger partial charge in [-0.2, -0.15) is 5.10 Å². The lowest BCUT2D eigenvalue weighted by Gasteiger charge is -2.24. The van der Waals surface area contributed by atoms with Crippen LogP contribution in [0.2, 0.25) is 0 Å². The fraction of sp³-hybridized carbons (Fsp3) is 0.727. The molecule has 14 heavy (non-hydrogen) atoms. The van der Waals surface area contributed by atoms with Crippen LogP contribution >= 0.6 is 11.6 Å². The Morgan fingerprint density at radius 2 is 2.14 bits per heavy atom. The molecule has 0 fully saturated rings. The van der Waals surface area contributed by atoms with E-state index in [9.17, 15) is 0 Å². The minimum Gasteiger partial charge on any atom is -0.276 e. The van der Waals surface area contributed by atoms with Gasteiger partial charge >= 0.3 is 0 Å². The molecule has 1 rings (SSSR count). The Kier molecular flexibility index (Phi) is 3.59. The predicted octanol–water partition coefficient (Wildman–Crippen LogP) is 3.01. The lowest BCUT2D eigenvalue weighted by atomic mass is 9.89. The monoisotopic (exact) mass is 214 g/mol. The third-order valence-electron chi connectivity index (χ3n) is 2.36. The van der Waals surface area contributed by atoms with Crippen LogP contribution in [0, 0.1) is 5.41 Å². The maximum Gasteiger partial charge on any atom is 0.0625 e. The van der Waals surface area contributed by atoms with Gasteiger partial charge in [0.25, 0.3) is 0 Å². The Morgan fingerprint density at radius 3 is 2.57 bits per heavy atom. The summed E-state index contributed by atoms with van der Waals surface area (Å²) in [5.74, 6) is 0. The van der Waals surface area contributed by atoms with E-state index < -0.39 is 0 Å². The summed E-state index contributed by atoms with van der Waals surface area (Å²) in [5, 5.41) is 4.54. The normalized spacial score (nSPS) is 14.4. The Labute approximate surface area is 91.3 Å². The summed E-state index contributed by atoms with van der Waals surface area (Å²) in [6.45, 7) is 6.51. The van der Waals surface area contributed by atoms with Crippen LogP contribution in [0.1, 0.15) is 32.9 Å². The largest absolute Gasteiger partial charge is 0.276 e. The quantitative estimate of drug-likeness (QED) is 0.708. The first-order valence-corrected chi connectivity index (χ1v) is 5.46. The fourth-order valence-corrected chi connectivity index (χ4v) is 1.41. The number of aromatic nitrogens is 2.